The molecule has 0 atom stereocenters. The highest BCUT2D eigenvalue weighted by Crippen LogP contribution is 2.15. The summed E-state index contributed by atoms with van der Waals surface area (Å²) in [6, 6.07) is 0. The molecule has 0 aliphatic heterocycles. The van der Waals surface area contributed by atoms with Crippen LogP contribution in [0.4, 0.5) is 0 Å². The van der Waals surface area contributed by atoms with Crippen molar-refractivity contribution in [3.8, 4) is 0 Å². The van der Waals surface area contributed by atoms with Gasteiger partial charge in [-0.2, -0.15) is 0 Å². The highest BCUT2D eigenvalue weighted by atomic mass is 32.2. The van der Waals surface area contributed by atoms with E-state index in [0.717, 1.165) is 0 Å². The Morgan fingerprint density at radius 2 is 1.31 bits per heavy atom. The van der Waals surface area contributed by atoms with Crippen molar-refractivity contribution in [2.45, 2.75) is 25.5 Å². The number of thiocarbonyl (C=S) groups is 2. The van der Waals surface area contributed by atoms with Crippen LogP contribution < -0.4 is 10.9 Å². The summed E-state index contributed by atoms with van der Waals surface area (Å²) in [4.78, 5) is 1.45. The van der Waals surface area contributed by atoms with Gasteiger partial charge in [0.25, 0.3) is 10.3 Å². The molecule has 0 aliphatic carbocycles. The quantitative estimate of drug-likeness (QED) is 0.394. The van der Waals surface area contributed by atoms with Crippen molar-refractivity contribution in [3.05, 3.63) is 0 Å². The van der Waals surface area contributed by atoms with Gasteiger partial charge in [0.1, 0.15) is 0 Å². The van der Waals surface area contributed by atoms with Crippen molar-refractivity contribution < 1.29 is 10.2 Å². The van der Waals surface area contributed by atoms with Crippen molar-refractivity contribution >= 4 is 46.7 Å². The summed E-state index contributed by atoms with van der Waals surface area (Å²) in [5, 5.41) is 20.5. The zero-order chi connectivity index (χ0) is 13.9. The van der Waals surface area contributed by atoms with Crippen LogP contribution >= 0.6 is 36.4 Å². The molecule has 0 saturated heterocycles. The van der Waals surface area contributed by atoms with Crippen LogP contribution in [-0.4, -0.2) is 44.3 Å². The first-order chi connectivity index (χ1) is 6.94. The molecule has 0 aliphatic rings. The van der Waals surface area contributed by atoms with Gasteiger partial charge >= 0.3 is 0 Å². The molecule has 98 valence electrons. The number of aliphatic hydroxyl groups excluding tert-OH is 2. The van der Waals surface area contributed by atoms with E-state index in [1.54, 1.807) is 14.1 Å². The number of hydrogen-bond acceptors (Lipinski definition) is 4. The lowest BCUT2D eigenvalue weighted by atomic mass is 10.3. The molecule has 0 aromatic heterocycles. The van der Waals surface area contributed by atoms with Crippen LogP contribution in [0.25, 0.3) is 0 Å². The molecule has 8 heteroatoms. The predicted octanol–water partition coefficient (Wildman–Crippen LogP) is 1.57. The summed E-state index contributed by atoms with van der Waals surface area (Å²) in [6.07, 6.45) is 0. The van der Waals surface area contributed by atoms with Gasteiger partial charge in [0.15, 0.2) is 0 Å². The first kappa shape index (κ1) is 21.0. The molecule has 0 aromatic carbocycles. The van der Waals surface area contributed by atoms with Crippen LogP contribution in [0, 0.1) is 0 Å². The maximum Gasteiger partial charge on any atom is 0.256 e. The molecule has 0 heterocycles. The second kappa shape index (κ2) is 11.2. The SMILES string of the molecule is CC(C)(C)SN.CN(C)C(O)=S.NC(O)=S. The molecule has 0 rings (SSSR count). The molecular formula is C8H21N3O2S3. The molecule has 0 radical (unpaired) electrons. The number of aliphatic hydroxyl groups is 2. The van der Waals surface area contributed by atoms with E-state index in [-0.39, 0.29) is 9.92 Å². The molecule has 16 heavy (non-hydrogen) atoms. The highest BCUT2D eigenvalue weighted by Gasteiger charge is 2.05. The first-order valence-corrected chi connectivity index (χ1v) is 5.90. The molecule has 0 saturated carbocycles. The third kappa shape index (κ3) is 49.3. The topological polar surface area (TPSA) is 95.7 Å². The molecule has 0 fully saturated rings. The fourth-order valence-corrected chi connectivity index (χ4v) is 0. The number of nitrogens with zero attached hydrogens (tertiary/aromatic N) is 1. The maximum atomic E-state index is 8.29. The zero-order valence-corrected chi connectivity index (χ0v) is 12.7. The van der Waals surface area contributed by atoms with Gasteiger partial charge in [-0.15, -0.1) is 0 Å². The van der Waals surface area contributed by atoms with E-state index in [1.807, 2.05) is 0 Å². The number of rotatable bonds is 0. The highest BCUT2D eigenvalue weighted by molar-refractivity contribution is 7.98. The van der Waals surface area contributed by atoms with Gasteiger partial charge in [-0.05, 0) is 45.2 Å². The molecule has 0 amide bonds. The van der Waals surface area contributed by atoms with Crippen LogP contribution in [0.5, 0.6) is 0 Å². The third-order valence-electron chi connectivity index (χ3n) is 0.736. The van der Waals surface area contributed by atoms with Crippen molar-refractivity contribution in [1.82, 2.24) is 4.90 Å². The monoisotopic (exact) mass is 287 g/mol. The van der Waals surface area contributed by atoms with Crippen LogP contribution in [0.1, 0.15) is 20.8 Å². The average Bonchev–Trinajstić information content (AvgIpc) is 2.02. The van der Waals surface area contributed by atoms with Gasteiger partial charge in [0.05, 0.1) is 0 Å². The summed E-state index contributed by atoms with van der Waals surface area (Å²) < 4.78 is 0.236. The third-order valence-corrected chi connectivity index (χ3v) is 1.81. The summed E-state index contributed by atoms with van der Waals surface area (Å²) in [6.45, 7) is 6.24. The number of hydrogen-bond donors (Lipinski definition) is 4. The second-order valence-electron chi connectivity index (χ2n) is 3.75. The Balaban J connectivity index is -0.000000162. The summed E-state index contributed by atoms with van der Waals surface area (Å²) in [5.41, 5.74) is 4.40. The van der Waals surface area contributed by atoms with Crippen LogP contribution in [0.15, 0.2) is 0 Å². The standard InChI is InChI=1S/C4H11NS.C3H7NOS.CH3NOS/c1-4(2,3)6-5;1-4(2)3(5)6;2-1(3)4/h5H2,1-3H3;1-2H3,(H,5,6);(H3,2,3,4). The van der Waals surface area contributed by atoms with Crippen molar-refractivity contribution in [3.63, 3.8) is 0 Å². The summed E-state index contributed by atoms with van der Waals surface area (Å²) in [7, 11) is 3.37. The van der Waals surface area contributed by atoms with E-state index in [1.165, 1.54) is 16.8 Å². The largest absolute Gasteiger partial charge is 0.487 e. The fourth-order valence-electron chi connectivity index (χ4n) is 0. The zero-order valence-electron chi connectivity index (χ0n) is 10.2. The molecule has 0 unspecified atom stereocenters. The lowest BCUT2D eigenvalue weighted by Crippen LogP contribution is -2.17. The van der Waals surface area contributed by atoms with Crippen LogP contribution in [0.3, 0.4) is 0 Å². The smallest absolute Gasteiger partial charge is 0.256 e. The van der Waals surface area contributed by atoms with Gasteiger partial charge < -0.3 is 20.8 Å². The molecule has 0 bridgehead atoms. The Morgan fingerprint density at radius 3 is 1.31 bits per heavy atom. The van der Waals surface area contributed by atoms with E-state index in [4.69, 9.17) is 15.4 Å². The van der Waals surface area contributed by atoms with Crippen molar-refractivity contribution in [2.75, 3.05) is 14.1 Å². The minimum atomic E-state index is -0.500. The second-order valence-corrected chi connectivity index (χ2v) is 5.99. The lowest BCUT2D eigenvalue weighted by molar-refractivity contribution is 0.442. The fraction of sp³-hybridized carbons (Fsp3) is 0.750. The predicted molar refractivity (Wildman–Crippen MR) is 79.9 cm³/mol. The maximum absolute atomic E-state index is 8.29. The van der Waals surface area contributed by atoms with Gasteiger partial charge in [-0.3, -0.25) is 5.14 Å². The minimum Gasteiger partial charge on any atom is -0.487 e. The van der Waals surface area contributed by atoms with Crippen molar-refractivity contribution in [2.24, 2.45) is 10.9 Å². The van der Waals surface area contributed by atoms with E-state index < -0.39 is 5.17 Å². The first-order valence-electron chi connectivity index (χ1n) is 4.20. The van der Waals surface area contributed by atoms with E-state index in [9.17, 15) is 0 Å². The Morgan fingerprint density at radius 1 is 1.19 bits per heavy atom. The normalized spacial score (nSPS) is 8.88. The van der Waals surface area contributed by atoms with Crippen molar-refractivity contribution in [1.29, 1.82) is 0 Å². The minimum absolute atomic E-state index is 0.0741. The van der Waals surface area contributed by atoms with Gasteiger partial charge in [0.2, 0.25) is 0 Å². The average molecular weight is 287 g/mol. The Kier molecular flexibility index (Phi) is 14.7. The van der Waals surface area contributed by atoms with Gasteiger partial charge in [-0.25, -0.2) is 0 Å². The Labute approximate surface area is 112 Å². The summed E-state index contributed by atoms with van der Waals surface area (Å²) in [5.74, 6) is 0. The van der Waals surface area contributed by atoms with E-state index >= 15 is 0 Å². The van der Waals surface area contributed by atoms with Crippen LogP contribution in [-0.2, 0) is 0 Å². The summed E-state index contributed by atoms with van der Waals surface area (Å²) >= 11 is 9.55. The molecule has 0 spiro atoms. The van der Waals surface area contributed by atoms with E-state index in [2.05, 4.69) is 50.9 Å². The molecular weight excluding hydrogens is 266 g/mol. The Bertz CT molecular complexity index is 201. The number of nitrogens with two attached hydrogens (primary N) is 2. The molecule has 6 N–H and O–H groups in total. The Hall–Kier alpha value is -0.310. The molecule has 5 nitrogen and oxygen atoms in total. The molecule has 0 aromatic rings. The van der Waals surface area contributed by atoms with Gasteiger partial charge in [0, 0.05) is 18.8 Å². The lowest BCUT2D eigenvalue weighted by Gasteiger charge is -2.11. The van der Waals surface area contributed by atoms with Gasteiger partial charge in [-0.1, -0.05) is 11.9 Å². The van der Waals surface area contributed by atoms with E-state index in [0.29, 0.717) is 0 Å². The van der Waals surface area contributed by atoms with Crippen LogP contribution in [0.2, 0.25) is 0 Å².